The van der Waals surface area contributed by atoms with Crippen LogP contribution in [-0.4, -0.2) is 22.0 Å². The van der Waals surface area contributed by atoms with Gasteiger partial charge in [0.2, 0.25) is 5.95 Å². The van der Waals surface area contributed by atoms with E-state index in [0.717, 1.165) is 5.52 Å². The number of halogens is 2. The maximum atomic E-state index is 5.92. The molecule has 0 atom stereocenters. The number of hydrogen-bond acceptors (Lipinski definition) is 2. The van der Waals surface area contributed by atoms with Crippen molar-refractivity contribution in [3.8, 4) is 0 Å². The van der Waals surface area contributed by atoms with E-state index in [-0.39, 0.29) is 6.04 Å². The first kappa shape index (κ1) is 13.0. The first-order chi connectivity index (χ1) is 8.45. The van der Waals surface area contributed by atoms with Crippen molar-refractivity contribution in [2.24, 2.45) is 10.7 Å². The Morgan fingerprint density at radius 1 is 1.39 bits per heavy atom. The number of nitrogens with two attached hydrogens (primary N) is 1. The molecule has 0 bridgehead atoms. The number of nitrogens with one attached hydrogen (secondary N) is 2. The molecule has 0 saturated heterocycles. The summed E-state index contributed by atoms with van der Waals surface area (Å²) >= 11 is 11.8. The fourth-order valence-corrected chi connectivity index (χ4v) is 1.82. The van der Waals surface area contributed by atoms with Crippen LogP contribution in [-0.2, 0) is 0 Å². The number of benzene rings is 1. The Bertz CT molecular complexity index is 564. The van der Waals surface area contributed by atoms with E-state index in [0.29, 0.717) is 27.5 Å². The van der Waals surface area contributed by atoms with E-state index in [1.807, 2.05) is 13.8 Å². The predicted octanol–water partition coefficient (Wildman–Crippen LogP) is 3.00. The number of fused-ring (bicyclic) bond motifs is 1. The summed E-state index contributed by atoms with van der Waals surface area (Å²) in [6, 6.07) is 3.52. The normalized spacial score (nSPS) is 12.4. The molecule has 7 heteroatoms. The number of rotatable bonds is 2. The number of nitrogens with zero attached hydrogens (tertiary/aromatic N) is 2. The van der Waals surface area contributed by atoms with Crippen molar-refractivity contribution >= 4 is 46.1 Å². The molecule has 4 N–H and O–H groups in total. The highest BCUT2D eigenvalue weighted by molar-refractivity contribution is 6.42. The van der Waals surface area contributed by atoms with Crippen molar-refractivity contribution in [1.29, 1.82) is 0 Å². The average molecular weight is 286 g/mol. The van der Waals surface area contributed by atoms with Crippen LogP contribution in [0.4, 0.5) is 5.95 Å². The van der Waals surface area contributed by atoms with E-state index >= 15 is 0 Å². The van der Waals surface area contributed by atoms with Crippen LogP contribution in [0.2, 0.25) is 10.0 Å². The topological polar surface area (TPSA) is 79.1 Å². The number of H-pyrrole nitrogens is 1. The highest BCUT2D eigenvalue weighted by Crippen LogP contribution is 2.27. The standard InChI is InChI=1S/C11H13Cl2N5/c1-5(2)15-10(14)18-11-16-8-3-6(12)7(13)4-9(8)17-11/h3-5H,1-2H3,(H4,14,15,16,17,18). The second kappa shape index (κ2) is 5.04. The maximum Gasteiger partial charge on any atom is 0.208 e. The van der Waals surface area contributed by atoms with Gasteiger partial charge in [0, 0.05) is 6.04 Å². The summed E-state index contributed by atoms with van der Waals surface area (Å²) in [7, 11) is 0. The van der Waals surface area contributed by atoms with Gasteiger partial charge in [0.1, 0.15) is 0 Å². The van der Waals surface area contributed by atoms with Crippen LogP contribution in [0.5, 0.6) is 0 Å². The SMILES string of the molecule is CC(C)N=C(N)Nc1nc2cc(Cl)c(Cl)cc2[nH]1. The lowest BCUT2D eigenvalue weighted by Crippen LogP contribution is -2.24. The zero-order valence-corrected chi connectivity index (χ0v) is 11.5. The van der Waals surface area contributed by atoms with Crippen LogP contribution in [0.15, 0.2) is 17.1 Å². The van der Waals surface area contributed by atoms with Gasteiger partial charge in [0.25, 0.3) is 0 Å². The lowest BCUT2D eigenvalue weighted by atomic mass is 10.3. The predicted molar refractivity (Wildman–Crippen MR) is 76.5 cm³/mol. The van der Waals surface area contributed by atoms with E-state index in [4.69, 9.17) is 28.9 Å². The van der Waals surface area contributed by atoms with Crippen molar-refractivity contribution in [3.05, 3.63) is 22.2 Å². The smallest absolute Gasteiger partial charge is 0.208 e. The van der Waals surface area contributed by atoms with Crippen molar-refractivity contribution in [2.75, 3.05) is 5.32 Å². The molecule has 0 aliphatic rings. The van der Waals surface area contributed by atoms with Gasteiger partial charge in [-0.2, -0.15) is 0 Å². The minimum Gasteiger partial charge on any atom is -0.370 e. The van der Waals surface area contributed by atoms with Gasteiger partial charge < -0.3 is 10.7 Å². The summed E-state index contributed by atoms with van der Waals surface area (Å²) in [5, 5.41) is 3.82. The molecule has 2 aromatic rings. The van der Waals surface area contributed by atoms with Gasteiger partial charge in [-0.3, -0.25) is 10.3 Å². The van der Waals surface area contributed by atoms with Crippen molar-refractivity contribution in [2.45, 2.75) is 19.9 Å². The number of anilines is 1. The molecular weight excluding hydrogens is 273 g/mol. The fourth-order valence-electron chi connectivity index (χ4n) is 1.50. The second-order valence-electron chi connectivity index (χ2n) is 4.10. The van der Waals surface area contributed by atoms with Gasteiger partial charge in [0.15, 0.2) is 5.96 Å². The monoisotopic (exact) mass is 285 g/mol. The third-order valence-electron chi connectivity index (χ3n) is 2.17. The first-order valence-corrected chi connectivity index (χ1v) is 6.16. The summed E-state index contributed by atoms with van der Waals surface area (Å²) in [6.45, 7) is 3.87. The minimum absolute atomic E-state index is 0.116. The summed E-state index contributed by atoms with van der Waals surface area (Å²) < 4.78 is 0. The van der Waals surface area contributed by atoms with Gasteiger partial charge in [0.05, 0.1) is 21.1 Å². The molecule has 0 amide bonds. The maximum absolute atomic E-state index is 5.92. The van der Waals surface area contributed by atoms with Gasteiger partial charge in [-0.1, -0.05) is 23.2 Å². The van der Waals surface area contributed by atoms with Crippen LogP contribution in [0.1, 0.15) is 13.8 Å². The van der Waals surface area contributed by atoms with Crippen molar-refractivity contribution in [1.82, 2.24) is 9.97 Å². The fraction of sp³-hybridized carbons (Fsp3) is 0.273. The molecule has 0 radical (unpaired) electrons. The largest absolute Gasteiger partial charge is 0.370 e. The van der Waals surface area contributed by atoms with Gasteiger partial charge in [-0.05, 0) is 26.0 Å². The van der Waals surface area contributed by atoms with Crippen molar-refractivity contribution in [3.63, 3.8) is 0 Å². The molecule has 1 aromatic heterocycles. The number of hydrogen-bond donors (Lipinski definition) is 3. The van der Waals surface area contributed by atoms with Crippen LogP contribution < -0.4 is 11.1 Å². The third-order valence-corrected chi connectivity index (χ3v) is 2.89. The number of aromatic amines is 1. The summed E-state index contributed by atoms with van der Waals surface area (Å²) in [5.41, 5.74) is 7.21. The quantitative estimate of drug-likeness (QED) is 0.586. The Hall–Kier alpha value is -1.46. The Kier molecular flexibility index (Phi) is 3.63. The average Bonchev–Trinajstić information content (AvgIpc) is 2.58. The molecular formula is C11H13Cl2N5. The van der Waals surface area contributed by atoms with E-state index in [1.54, 1.807) is 12.1 Å². The Balaban J connectivity index is 2.31. The Labute approximate surface area is 114 Å². The van der Waals surface area contributed by atoms with Crippen molar-refractivity contribution < 1.29 is 0 Å². The molecule has 18 heavy (non-hydrogen) atoms. The Morgan fingerprint density at radius 2 is 2.06 bits per heavy atom. The Morgan fingerprint density at radius 3 is 2.72 bits per heavy atom. The summed E-state index contributed by atoms with van der Waals surface area (Å²) in [4.78, 5) is 11.5. The summed E-state index contributed by atoms with van der Waals surface area (Å²) in [5.74, 6) is 0.812. The molecule has 0 aliphatic heterocycles. The van der Waals surface area contributed by atoms with Crippen LogP contribution in [0.3, 0.4) is 0 Å². The highest BCUT2D eigenvalue weighted by atomic mass is 35.5. The number of aromatic nitrogens is 2. The molecule has 0 spiro atoms. The molecule has 1 heterocycles. The molecule has 2 rings (SSSR count). The zero-order chi connectivity index (χ0) is 13.3. The molecule has 1 aromatic carbocycles. The number of aliphatic imine (C=N–C) groups is 1. The zero-order valence-electron chi connectivity index (χ0n) is 9.96. The number of imidazole rings is 1. The highest BCUT2D eigenvalue weighted by Gasteiger charge is 2.07. The first-order valence-electron chi connectivity index (χ1n) is 5.41. The lowest BCUT2D eigenvalue weighted by Gasteiger charge is -2.02. The molecule has 96 valence electrons. The summed E-state index contributed by atoms with van der Waals surface area (Å²) in [6.07, 6.45) is 0. The van der Waals surface area contributed by atoms with E-state index in [2.05, 4.69) is 20.3 Å². The van der Waals surface area contributed by atoms with Gasteiger partial charge >= 0.3 is 0 Å². The van der Waals surface area contributed by atoms with E-state index in [1.165, 1.54) is 0 Å². The molecule has 0 fully saturated rings. The van der Waals surface area contributed by atoms with E-state index < -0.39 is 0 Å². The molecule has 0 aliphatic carbocycles. The minimum atomic E-state index is 0.116. The van der Waals surface area contributed by atoms with Crippen LogP contribution in [0.25, 0.3) is 11.0 Å². The van der Waals surface area contributed by atoms with Crippen LogP contribution in [0, 0.1) is 0 Å². The lowest BCUT2D eigenvalue weighted by molar-refractivity contribution is 0.833. The second-order valence-corrected chi connectivity index (χ2v) is 4.92. The van der Waals surface area contributed by atoms with Crippen LogP contribution >= 0.6 is 23.2 Å². The van der Waals surface area contributed by atoms with Gasteiger partial charge in [-0.25, -0.2) is 4.98 Å². The molecule has 5 nitrogen and oxygen atoms in total. The third kappa shape index (κ3) is 2.86. The van der Waals surface area contributed by atoms with E-state index in [9.17, 15) is 0 Å². The molecule has 0 unspecified atom stereocenters. The number of guanidine groups is 1. The molecule has 0 saturated carbocycles. The van der Waals surface area contributed by atoms with Gasteiger partial charge in [-0.15, -0.1) is 0 Å².